The van der Waals surface area contributed by atoms with E-state index in [0.717, 1.165) is 0 Å². The lowest BCUT2D eigenvalue weighted by atomic mass is 10.1. The molecule has 0 unspecified atom stereocenters. The van der Waals surface area contributed by atoms with Gasteiger partial charge in [0.25, 0.3) is 0 Å². The second-order valence-electron chi connectivity index (χ2n) is 6.99. The van der Waals surface area contributed by atoms with Crippen molar-refractivity contribution in [1.29, 1.82) is 0 Å². The van der Waals surface area contributed by atoms with Gasteiger partial charge in [-0.15, -0.1) is 0 Å². The van der Waals surface area contributed by atoms with E-state index in [-0.39, 0.29) is 26.6 Å². The molecule has 1 heterocycles. The van der Waals surface area contributed by atoms with E-state index >= 15 is 0 Å². The van der Waals surface area contributed by atoms with Crippen LogP contribution in [0, 0.1) is 18.8 Å². The molecule has 0 atom stereocenters. The second-order valence-corrected chi connectivity index (χ2v) is 11.4. The standard InChI is InChI=1S/C19H12IO2.C6H4F2O3S/c21-19-15-8-4-5-9-17(15)22-18-11-10-14(12-16(18)19)20-13-6-2-1-3-7-13;7-4-1-2-6(5(8)3-4)12(9,10)11/h1-12H;1-3H,(H,9,10,11)/q+1;/p-1. The summed E-state index contributed by atoms with van der Waals surface area (Å²) in [6.07, 6.45) is 0. The molecular formula is C25H15F2IO5S. The zero-order valence-electron chi connectivity index (χ0n) is 17.2. The fourth-order valence-electron chi connectivity index (χ4n) is 3.12. The lowest BCUT2D eigenvalue weighted by Gasteiger charge is -2.06. The van der Waals surface area contributed by atoms with Crippen molar-refractivity contribution in [3.8, 4) is 0 Å². The quantitative estimate of drug-likeness (QED) is 0.182. The van der Waals surface area contributed by atoms with Crippen molar-refractivity contribution in [3.63, 3.8) is 0 Å². The Balaban J connectivity index is 0.000000195. The Bertz CT molecular complexity index is 1650. The highest BCUT2D eigenvalue weighted by atomic mass is 127. The Morgan fingerprint density at radius 3 is 2.12 bits per heavy atom. The summed E-state index contributed by atoms with van der Waals surface area (Å²) in [7, 11) is -4.84. The van der Waals surface area contributed by atoms with Gasteiger partial charge in [-0.05, 0) is 48.5 Å². The summed E-state index contributed by atoms with van der Waals surface area (Å²) in [5, 5.41) is 1.32. The molecule has 1 aromatic heterocycles. The zero-order chi connectivity index (χ0) is 24.3. The van der Waals surface area contributed by atoms with Crippen LogP contribution in [0.1, 0.15) is 0 Å². The number of rotatable bonds is 3. The third kappa shape index (κ3) is 5.49. The van der Waals surface area contributed by atoms with Crippen LogP contribution in [0.5, 0.6) is 0 Å². The van der Waals surface area contributed by atoms with Crippen LogP contribution in [-0.4, -0.2) is 13.0 Å². The number of benzene rings is 4. The van der Waals surface area contributed by atoms with E-state index < -0.39 is 26.6 Å². The molecule has 9 heteroatoms. The Labute approximate surface area is 203 Å². The summed E-state index contributed by atoms with van der Waals surface area (Å²) in [4.78, 5) is 11.6. The van der Waals surface area contributed by atoms with Gasteiger partial charge in [-0.25, -0.2) is 17.2 Å². The molecule has 4 aromatic carbocycles. The van der Waals surface area contributed by atoms with E-state index in [1.807, 2.05) is 42.5 Å². The van der Waals surface area contributed by atoms with Gasteiger partial charge >= 0.3 is 21.2 Å². The first kappa shape index (κ1) is 24.0. The number of halogens is 3. The fraction of sp³-hybridized carbons (Fsp3) is 0. The lowest BCUT2D eigenvalue weighted by molar-refractivity contribution is -0.597. The highest BCUT2D eigenvalue weighted by Gasteiger charge is 2.17. The average molecular weight is 592 g/mol. The Morgan fingerprint density at radius 1 is 0.735 bits per heavy atom. The molecule has 0 bridgehead atoms. The molecule has 0 saturated heterocycles. The summed E-state index contributed by atoms with van der Waals surface area (Å²) in [5.41, 5.74) is 1.35. The molecule has 0 radical (unpaired) electrons. The maximum absolute atomic E-state index is 12.6. The molecule has 0 saturated carbocycles. The molecule has 5 aromatic rings. The molecular weight excluding hydrogens is 577 g/mol. The van der Waals surface area contributed by atoms with Crippen LogP contribution >= 0.6 is 0 Å². The number of hydrogen-bond acceptors (Lipinski definition) is 5. The monoisotopic (exact) mass is 592 g/mol. The van der Waals surface area contributed by atoms with Crippen molar-refractivity contribution in [2.45, 2.75) is 4.90 Å². The van der Waals surface area contributed by atoms with Gasteiger partial charge in [0.2, 0.25) is 5.43 Å². The van der Waals surface area contributed by atoms with Crippen LogP contribution in [0.25, 0.3) is 21.9 Å². The fourth-order valence-corrected chi connectivity index (χ4v) is 5.97. The van der Waals surface area contributed by atoms with Crippen molar-refractivity contribution in [2.75, 3.05) is 0 Å². The molecule has 0 spiro atoms. The maximum atomic E-state index is 12.6. The smallest absolute Gasteiger partial charge is 0.357 e. The Kier molecular flexibility index (Phi) is 7.05. The molecule has 0 aliphatic carbocycles. The second kappa shape index (κ2) is 10.00. The topological polar surface area (TPSA) is 87.4 Å². The molecule has 0 N–H and O–H groups in total. The predicted molar refractivity (Wildman–Crippen MR) is 118 cm³/mol. The van der Waals surface area contributed by atoms with Crippen LogP contribution in [0.2, 0.25) is 0 Å². The molecule has 0 fully saturated rings. The van der Waals surface area contributed by atoms with Crippen molar-refractivity contribution in [2.24, 2.45) is 0 Å². The van der Waals surface area contributed by atoms with Gasteiger partial charge in [-0.3, -0.25) is 4.79 Å². The van der Waals surface area contributed by atoms with Crippen molar-refractivity contribution in [3.05, 3.63) is 120 Å². The van der Waals surface area contributed by atoms with Gasteiger partial charge in [0.15, 0.2) is 7.14 Å². The number of fused-ring (bicyclic) bond motifs is 2. The van der Waals surface area contributed by atoms with Crippen molar-refractivity contribution in [1.82, 2.24) is 0 Å². The first-order valence-corrected chi connectivity index (χ1v) is 13.4. The van der Waals surface area contributed by atoms with E-state index in [9.17, 15) is 26.5 Å². The molecule has 34 heavy (non-hydrogen) atoms. The van der Waals surface area contributed by atoms with Gasteiger partial charge in [-0.2, -0.15) is 0 Å². The Morgan fingerprint density at radius 2 is 1.41 bits per heavy atom. The van der Waals surface area contributed by atoms with Gasteiger partial charge in [-0.1, -0.05) is 30.3 Å². The molecule has 5 rings (SSSR count). The van der Waals surface area contributed by atoms with Gasteiger partial charge in [0.05, 0.1) is 15.7 Å². The molecule has 0 amide bonds. The minimum absolute atomic E-state index is 0.0516. The summed E-state index contributed by atoms with van der Waals surface area (Å²) in [5.74, 6) is -2.30. The molecule has 5 nitrogen and oxygen atoms in total. The van der Waals surface area contributed by atoms with E-state index in [4.69, 9.17) is 4.42 Å². The molecule has 0 aliphatic rings. The van der Waals surface area contributed by atoms with Crippen LogP contribution in [-0.2, 0) is 10.1 Å². The summed E-state index contributed by atoms with van der Waals surface area (Å²) >= 11 is -0.284. The Hall–Kier alpha value is -3.15. The van der Waals surface area contributed by atoms with Gasteiger partial charge < -0.3 is 8.97 Å². The number of hydrogen-bond donors (Lipinski definition) is 0. The first-order valence-electron chi connectivity index (χ1n) is 9.79. The first-order chi connectivity index (χ1) is 16.2. The zero-order valence-corrected chi connectivity index (χ0v) is 20.2. The summed E-state index contributed by atoms with van der Waals surface area (Å²) < 4.78 is 63.9. The SMILES string of the molecule is O=S(=O)([O-])c1ccc(F)cc1F.O=c1c2ccccc2oc2ccc([I+]c3ccccc3)cc12. The molecule has 172 valence electrons. The highest BCUT2D eigenvalue weighted by molar-refractivity contribution is 7.85. The molecule has 0 aliphatic heterocycles. The average Bonchev–Trinajstić information content (AvgIpc) is 2.80. The number of para-hydroxylation sites is 1. The summed E-state index contributed by atoms with van der Waals surface area (Å²) in [6, 6.07) is 25.4. The van der Waals surface area contributed by atoms with Crippen LogP contribution < -0.4 is 26.6 Å². The van der Waals surface area contributed by atoms with E-state index in [1.165, 1.54) is 7.14 Å². The highest BCUT2D eigenvalue weighted by Crippen LogP contribution is 2.17. The lowest BCUT2D eigenvalue weighted by Crippen LogP contribution is -3.61. The van der Waals surface area contributed by atoms with Gasteiger partial charge in [0, 0.05) is 12.1 Å². The minimum Gasteiger partial charge on any atom is -0.744 e. The third-order valence-electron chi connectivity index (χ3n) is 4.65. The van der Waals surface area contributed by atoms with Crippen LogP contribution in [0.15, 0.2) is 105 Å². The van der Waals surface area contributed by atoms with E-state index in [2.05, 4.69) is 30.3 Å². The van der Waals surface area contributed by atoms with E-state index in [1.54, 1.807) is 0 Å². The van der Waals surface area contributed by atoms with Crippen LogP contribution in [0.4, 0.5) is 8.78 Å². The minimum atomic E-state index is -4.84. The summed E-state index contributed by atoms with van der Waals surface area (Å²) in [6.45, 7) is 0. The van der Waals surface area contributed by atoms with Gasteiger partial charge in [0.1, 0.15) is 32.9 Å². The van der Waals surface area contributed by atoms with Crippen molar-refractivity contribution >= 4 is 32.1 Å². The third-order valence-corrected chi connectivity index (χ3v) is 8.16. The largest absolute Gasteiger partial charge is 0.744 e. The normalized spacial score (nSPS) is 11.3. The maximum Gasteiger partial charge on any atom is 0.357 e. The van der Waals surface area contributed by atoms with Crippen molar-refractivity contribution < 1.29 is 47.4 Å². The predicted octanol–water partition coefficient (Wildman–Crippen LogP) is 1.94. The van der Waals surface area contributed by atoms with Crippen LogP contribution in [0.3, 0.4) is 0 Å². The van der Waals surface area contributed by atoms with E-state index in [0.29, 0.717) is 40.1 Å².